The molecule has 0 amide bonds. The maximum absolute atomic E-state index is 5.30. The predicted octanol–water partition coefficient (Wildman–Crippen LogP) is 3.12. The third-order valence-electron chi connectivity index (χ3n) is 0.673. The van der Waals surface area contributed by atoms with E-state index < -0.39 is 0 Å². The van der Waals surface area contributed by atoms with Gasteiger partial charge in [0.25, 0.3) is 6.10 Å². The molecule has 1 nitrogen and oxygen atoms in total. The molecule has 3 heteroatoms. The third-order valence-corrected chi connectivity index (χ3v) is 1.86. The second-order valence-corrected chi connectivity index (χ2v) is 4.86. The molecule has 0 aromatic rings. The minimum Gasteiger partial charge on any atom is -0.240 e. The van der Waals surface area contributed by atoms with Crippen LogP contribution in [0, 0.1) is 0 Å². The van der Waals surface area contributed by atoms with Gasteiger partial charge in [0.05, 0.1) is 0 Å². The first-order valence-corrected chi connectivity index (χ1v) is 4.74. The summed E-state index contributed by atoms with van der Waals surface area (Å²) in [5.41, 5.74) is 0. The largest absolute Gasteiger partial charge is 0.412 e. The van der Waals surface area contributed by atoms with Crippen molar-refractivity contribution in [2.45, 2.75) is 39.0 Å². The molecule has 0 radical (unpaired) electrons. The summed E-state index contributed by atoms with van der Waals surface area (Å²) < 4.78 is 6.07. The summed E-state index contributed by atoms with van der Waals surface area (Å²) in [4.78, 5) is 0. The van der Waals surface area contributed by atoms with E-state index in [-0.39, 0.29) is 6.10 Å². The molecule has 0 N–H and O–H groups in total. The molecule has 0 fully saturated rings. The van der Waals surface area contributed by atoms with Crippen LogP contribution in [0.25, 0.3) is 0 Å². The van der Waals surface area contributed by atoms with Crippen LogP contribution in [0.5, 0.6) is 0 Å². The Morgan fingerprint density at radius 3 is 2.10 bits per heavy atom. The molecule has 0 aliphatic carbocycles. The molecule has 0 rings (SSSR count). The topological polar surface area (TPSA) is 11.3 Å². The molecule has 0 atom stereocenters. The lowest BCUT2D eigenvalue weighted by Crippen LogP contribution is -1.93. The van der Waals surface area contributed by atoms with Crippen LogP contribution in [-0.2, 0) is 0 Å². The van der Waals surface area contributed by atoms with Crippen molar-refractivity contribution < 1.29 is 4.42 Å². The van der Waals surface area contributed by atoms with Crippen molar-refractivity contribution in [1.29, 1.82) is 0 Å². The molecule has 10 heavy (non-hydrogen) atoms. The smallest absolute Gasteiger partial charge is 0.240 e. The van der Waals surface area contributed by atoms with E-state index in [9.17, 15) is 0 Å². The Morgan fingerprint density at radius 1 is 1.30 bits per heavy atom. The Labute approximate surface area is 72.7 Å². The SMILES string of the molecule is CC(C)[O+]=C(S)SC(C)C. The van der Waals surface area contributed by atoms with Crippen LogP contribution in [0.1, 0.15) is 27.7 Å². The number of carbonyl (C=O) groups excluding carboxylic acids is 1. The summed E-state index contributed by atoms with van der Waals surface area (Å²) in [5.74, 6) is 0. The van der Waals surface area contributed by atoms with Crippen LogP contribution in [0.3, 0.4) is 0 Å². The summed E-state index contributed by atoms with van der Waals surface area (Å²) in [6.07, 6.45) is 0.235. The Morgan fingerprint density at radius 2 is 1.80 bits per heavy atom. The van der Waals surface area contributed by atoms with Gasteiger partial charge in [0.1, 0.15) is 0 Å². The summed E-state index contributed by atoms with van der Waals surface area (Å²) >= 11 is 5.81. The molecule has 0 bridgehead atoms. The molecule has 0 heterocycles. The Balaban J connectivity index is 3.71. The van der Waals surface area contributed by atoms with Crippen LogP contribution in [0.4, 0.5) is 4.42 Å². The van der Waals surface area contributed by atoms with E-state index in [1.165, 1.54) is 0 Å². The van der Waals surface area contributed by atoms with Gasteiger partial charge in [-0.1, -0.05) is 13.8 Å². The van der Waals surface area contributed by atoms with E-state index in [4.69, 9.17) is 4.42 Å². The molecule has 0 aliphatic heterocycles. The summed E-state index contributed by atoms with van der Waals surface area (Å²) in [7, 11) is 0. The molecule has 60 valence electrons. The molecule has 0 aromatic carbocycles. The van der Waals surface area contributed by atoms with Crippen molar-refractivity contribution in [3.8, 4) is 0 Å². The van der Waals surface area contributed by atoms with Gasteiger partial charge in [-0.2, -0.15) is 0 Å². The van der Waals surface area contributed by atoms with Crippen molar-refractivity contribution in [2.24, 2.45) is 0 Å². The first kappa shape index (κ1) is 10.4. The number of hydrogen-bond acceptors (Lipinski definition) is 1. The quantitative estimate of drug-likeness (QED) is 0.507. The summed E-state index contributed by atoms with van der Waals surface area (Å²) in [5, 5.41) is 0.547. The molecule has 0 spiro atoms. The van der Waals surface area contributed by atoms with Crippen molar-refractivity contribution in [2.75, 3.05) is 0 Å². The van der Waals surface area contributed by atoms with E-state index in [0.29, 0.717) is 5.25 Å². The highest BCUT2D eigenvalue weighted by Crippen LogP contribution is 2.17. The minimum atomic E-state index is 0.235. The highest BCUT2D eigenvalue weighted by atomic mass is 32.2. The zero-order valence-electron chi connectivity index (χ0n) is 6.92. The highest BCUT2D eigenvalue weighted by Gasteiger charge is 2.11. The number of thioether (sulfide) groups is 1. The summed E-state index contributed by atoms with van der Waals surface area (Å²) in [6, 6.07) is 0. The van der Waals surface area contributed by atoms with E-state index in [1.807, 2.05) is 13.8 Å². The minimum absolute atomic E-state index is 0.235. The molecule has 0 saturated carbocycles. The molecule has 0 unspecified atom stereocenters. The lowest BCUT2D eigenvalue weighted by molar-refractivity contribution is -0.175. The second-order valence-electron chi connectivity index (χ2n) is 2.60. The predicted molar refractivity (Wildman–Crippen MR) is 52.2 cm³/mol. The van der Waals surface area contributed by atoms with Gasteiger partial charge >= 0.3 is 4.45 Å². The van der Waals surface area contributed by atoms with Gasteiger partial charge in [-0.25, -0.2) is 4.42 Å². The molecular weight excluding hydrogens is 164 g/mol. The zero-order valence-corrected chi connectivity index (χ0v) is 8.63. The van der Waals surface area contributed by atoms with Gasteiger partial charge in [-0.05, 0) is 24.4 Å². The Bertz CT molecular complexity index is 119. The maximum Gasteiger partial charge on any atom is 0.412 e. The van der Waals surface area contributed by atoms with Gasteiger partial charge < -0.3 is 0 Å². The van der Waals surface area contributed by atoms with Crippen LogP contribution < -0.4 is 0 Å². The first-order valence-electron chi connectivity index (χ1n) is 3.41. The average molecular weight is 179 g/mol. The lowest BCUT2D eigenvalue weighted by atomic mass is 10.5. The average Bonchev–Trinajstić information content (AvgIpc) is 1.58. The molecule has 0 aromatic heterocycles. The van der Waals surface area contributed by atoms with Gasteiger partial charge in [-0.15, -0.1) is 0 Å². The van der Waals surface area contributed by atoms with E-state index in [0.717, 1.165) is 4.45 Å². The van der Waals surface area contributed by atoms with Crippen molar-refractivity contribution in [3.63, 3.8) is 0 Å². The maximum atomic E-state index is 5.30. The highest BCUT2D eigenvalue weighted by molar-refractivity contribution is 8.32. The van der Waals surface area contributed by atoms with Crippen LogP contribution in [0.15, 0.2) is 0 Å². The van der Waals surface area contributed by atoms with E-state index >= 15 is 0 Å². The second kappa shape index (κ2) is 5.08. The first-order chi connectivity index (χ1) is 4.52. The third kappa shape index (κ3) is 6.49. The normalized spacial score (nSPS) is 13.3. The number of rotatable bonds is 2. The van der Waals surface area contributed by atoms with Gasteiger partial charge in [0, 0.05) is 19.1 Å². The Hall–Kier alpha value is 0.370. The monoisotopic (exact) mass is 179 g/mol. The van der Waals surface area contributed by atoms with Crippen LogP contribution in [-0.4, -0.2) is 15.8 Å². The van der Waals surface area contributed by atoms with Gasteiger partial charge in [0.15, 0.2) is 0 Å². The fraction of sp³-hybridized carbons (Fsp3) is 0.857. The molecular formula is C7H15OS2+. The van der Waals surface area contributed by atoms with E-state index in [1.54, 1.807) is 11.8 Å². The van der Waals surface area contributed by atoms with Crippen molar-refractivity contribution in [1.82, 2.24) is 0 Å². The van der Waals surface area contributed by atoms with E-state index in [2.05, 4.69) is 26.5 Å². The van der Waals surface area contributed by atoms with Gasteiger partial charge in [-0.3, -0.25) is 0 Å². The standard InChI is InChI=1S/C7H14OS2/c1-5(2)8-7(9)10-6(3)4/h5-6H,1-4H3/p+1. The van der Waals surface area contributed by atoms with Crippen LogP contribution in [0.2, 0.25) is 0 Å². The fourth-order valence-corrected chi connectivity index (χ4v) is 1.93. The zero-order chi connectivity index (χ0) is 8.15. The van der Waals surface area contributed by atoms with Crippen molar-refractivity contribution in [3.05, 3.63) is 0 Å². The molecule has 0 saturated heterocycles. The van der Waals surface area contributed by atoms with Crippen molar-refractivity contribution >= 4 is 28.8 Å². The lowest BCUT2D eigenvalue weighted by Gasteiger charge is -1.94. The van der Waals surface area contributed by atoms with Gasteiger partial charge in [0.2, 0.25) is 0 Å². The number of hydrogen-bond donors (Lipinski definition) is 1. The van der Waals surface area contributed by atoms with Crippen LogP contribution >= 0.6 is 24.4 Å². The fourth-order valence-electron chi connectivity index (χ4n) is 0.431. The Kier molecular flexibility index (Phi) is 5.27. The summed E-state index contributed by atoms with van der Waals surface area (Å²) in [6.45, 7) is 8.23. The molecule has 0 aliphatic rings. The number of thiol groups is 1.